The molecule has 1 fully saturated rings. The smallest absolute Gasteiger partial charge is 0.256 e. The minimum absolute atomic E-state index is 0.0352. The summed E-state index contributed by atoms with van der Waals surface area (Å²) in [5.74, 6) is 1.38. The molecule has 0 atom stereocenters. The van der Waals surface area contributed by atoms with Gasteiger partial charge in [0, 0.05) is 37.1 Å². The highest BCUT2D eigenvalue weighted by molar-refractivity contribution is 5.93. The van der Waals surface area contributed by atoms with E-state index in [-0.39, 0.29) is 17.6 Å². The van der Waals surface area contributed by atoms with E-state index in [0.29, 0.717) is 31.2 Å². The molecule has 4 rings (SSSR count). The Hall–Kier alpha value is -2.67. The number of nitrogens with one attached hydrogen (secondary N) is 1. The van der Waals surface area contributed by atoms with Gasteiger partial charge in [-0.05, 0) is 44.7 Å². The van der Waals surface area contributed by atoms with E-state index in [1.165, 1.54) is 5.56 Å². The lowest BCUT2D eigenvalue weighted by Crippen LogP contribution is -2.48. The molecule has 2 aliphatic rings. The van der Waals surface area contributed by atoms with E-state index in [1.54, 1.807) is 19.5 Å². The van der Waals surface area contributed by atoms with Crippen LogP contribution in [0.2, 0.25) is 0 Å². The summed E-state index contributed by atoms with van der Waals surface area (Å²) in [5.41, 5.74) is 2.58. The zero-order valence-electron chi connectivity index (χ0n) is 17.3. The van der Waals surface area contributed by atoms with Crippen molar-refractivity contribution >= 4 is 11.9 Å². The highest BCUT2D eigenvalue weighted by Gasteiger charge is 2.43. The van der Waals surface area contributed by atoms with Gasteiger partial charge in [-0.2, -0.15) is 0 Å². The number of methoxy groups -OCH3 is 1. The second-order valence-corrected chi connectivity index (χ2v) is 7.97. The average molecular weight is 396 g/mol. The number of carbonyl (C=O) groups excluding carboxylic acids is 1. The zero-order chi connectivity index (χ0) is 20.4. The zero-order valence-corrected chi connectivity index (χ0v) is 17.3. The number of anilines is 1. The average Bonchev–Trinajstić information content (AvgIpc) is 2.74. The van der Waals surface area contributed by atoms with E-state index in [2.05, 4.69) is 21.4 Å². The number of fused-ring (bicyclic) bond motifs is 2. The third kappa shape index (κ3) is 3.79. The second kappa shape index (κ2) is 7.99. The molecule has 3 heterocycles. The number of hydrogen-bond acceptors (Lipinski definition) is 6. The van der Waals surface area contributed by atoms with Crippen molar-refractivity contribution in [3.8, 4) is 5.75 Å². The van der Waals surface area contributed by atoms with Gasteiger partial charge in [-0.1, -0.05) is 12.1 Å². The number of rotatable bonds is 4. The molecule has 0 aliphatic carbocycles. The molecule has 1 aromatic carbocycles. The minimum atomic E-state index is -0.376. The van der Waals surface area contributed by atoms with Crippen LogP contribution < -0.4 is 10.1 Å². The van der Waals surface area contributed by atoms with Crippen molar-refractivity contribution in [3.63, 3.8) is 0 Å². The van der Waals surface area contributed by atoms with E-state index in [0.717, 1.165) is 30.6 Å². The van der Waals surface area contributed by atoms with Gasteiger partial charge < -0.3 is 19.7 Å². The molecule has 1 spiro atoms. The van der Waals surface area contributed by atoms with Gasteiger partial charge in [-0.15, -0.1) is 0 Å². The molecule has 1 N–H and O–H groups in total. The highest BCUT2D eigenvalue weighted by atomic mass is 16.5. The quantitative estimate of drug-likeness (QED) is 0.856. The lowest BCUT2D eigenvalue weighted by molar-refractivity contribution is -0.0946. The number of ether oxygens (including phenoxy) is 2. The molecule has 1 amide bonds. The van der Waals surface area contributed by atoms with Crippen molar-refractivity contribution in [2.75, 3.05) is 32.1 Å². The molecule has 2 aromatic rings. The van der Waals surface area contributed by atoms with Crippen LogP contribution in [-0.4, -0.2) is 53.6 Å². The number of carbonyl (C=O) groups is 1. The number of aromatic nitrogens is 2. The van der Waals surface area contributed by atoms with Crippen LogP contribution in [0.3, 0.4) is 0 Å². The van der Waals surface area contributed by atoms with Gasteiger partial charge in [0.05, 0.1) is 19.3 Å². The maximum absolute atomic E-state index is 12.9. The molecule has 7 heteroatoms. The molecular formula is C22H28N4O3. The normalized spacial score (nSPS) is 17.9. The summed E-state index contributed by atoms with van der Waals surface area (Å²) in [6.45, 7) is 6.00. The molecule has 2 aliphatic heterocycles. The first kappa shape index (κ1) is 19.6. The summed E-state index contributed by atoms with van der Waals surface area (Å²) >= 11 is 0. The molecule has 1 aromatic heterocycles. The molecule has 0 saturated carbocycles. The summed E-state index contributed by atoms with van der Waals surface area (Å²) in [6.07, 6.45) is 5.59. The molecule has 154 valence electrons. The molecule has 0 radical (unpaired) electrons. The van der Waals surface area contributed by atoms with Crippen molar-refractivity contribution in [1.29, 1.82) is 0 Å². The third-order valence-electron chi connectivity index (χ3n) is 5.71. The fourth-order valence-electron chi connectivity index (χ4n) is 4.32. The third-order valence-corrected chi connectivity index (χ3v) is 5.71. The Kier molecular flexibility index (Phi) is 5.41. The Labute approximate surface area is 171 Å². The summed E-state index contributed by atoms with van der Waals surface area (Å²) in [6, 6.07) is 6.43. The Balaban J connectivity index is 1.48. The fraction of sp³-hybridized carbons (Fsp3) is 0.500. The van der Waals surface area contributed by atoms with E-state index in [4.69, 9.17) is 9.47 Å². The predicted octanol–water partition coefficient (Wildman–Crippen LogP) is 3.01. The van der Waals surface area contributed by atoms with E-state index in [1.807, 2.05) is 30.9 Å². The number of amides is 1. The lowest BCUT2D eigenvalue weighted by atomic mass is 9.78. The molecule has 1 saturated heterocycles. The predicted molar refractivity (Wildman–Crippen MR) is 110 cm³/mol. The van der Waals surface area contributed by atoms with Crippen LogP contribution >= 0.6 is 0 Å². The van der Waals surface area contributed by atoms with Gasteiger partial charge in [0.1, 0.15) is 11.4 Å². The highest BCUT2D eigenvalue weighted by Crippen LogP contribution is 2.45. The first-order valence-corrected chi connectivity index (χ1v) is 10.2. The Morgan fingerprint density at radius 3 is 2.62 bits per heavy atom. The van der Waals surface area contributed by atoms with Gasteiger partial charge in [0.2, 0.25) is 5.95 Å². The number of benzene rings is 1. The summed E-state index contributed by atoms with van der Waals surface area (Å²) in [4.78, 5) is 23.3. The van der Waals surface area contributed by atoms with Crippen LogP contribution in [-0.2, 0) is 16.8 Å². The Morgan fingerprint density at radius 2 is 1.97 bits per heavy atom. The summed E-state index contributed by atoms with van der Waals surface area (Å²) in [7, 11) is 1.70. The second-order valence-electron chi connectivity index (χ2n) is 7.97. The monoisotopic (exact) mass is 396 g/mol. The first-order valence-electron chi connectivity index (χ1n) is 10.2. The number of likely N-dealkylation sites (tertiary alicyclic amines) is 1. The maximum atomic E-state index is 12.9. The largest absolute Gasteiger partial charge is 0.496 e. The van der Waals surface area contributed by atoms with Gasteiger partial charge in [-0.3, -0.25) is 4.79 Å². The molecule has 29 heavy (non-hydrogen) atoms. The Bertz CT molecular complexity index is 860. The molecule has 0 bridgehead atoms. The first-order chi connectivity index (χ1) is 14.0. The fourth-order valence-corrected chi connectivity index (χ4v) is 4.32. The van der Waals surface area contributed by atoms with E-state index >= 15 is 0 Å². The molecule has 7 nitrogen and oxygen atoms in total. The van der Waals surface area contributed by atoms with Gasteiger partial charge in [0.25, 0.3) is 5.91 Å². The van der Waals surface area contributed by atoms with Crippen LogP contribution in [0.1, 0.15) is 48.2 Å². The van der Waals surface area contributed by atoms with Crippen molar-refractivity contribution < 1.29 is 14.3 Å². The van der Waals surface area contributed by atoms with Crippen molar-refractivity contribution in [1.82, 2.24) is 14.9 Å². The van der Waals surface area contributed by atoms with Crippen molar-refractivity contribution in [2.45, 2.75) is 44.8 Å². The van der Waals surface area contributed by atoms with Gasteiger partial charge >= 0.3 is 0 Å². The standard InChI is InChI=1S/C22H28N4O3/c1-15(2)25-21-23-13-17(14-24-21)20(27)26-10-8-22(9-11-26)19-16(7-12-29-22)5-4-6-18(19)28-3/h4-6,13-15H,7-12H2,1-3H3,(H,23,24,25). The minimum Gasteiger partial charge on any atom is -0.496 e. The number of piperidine rings is 1. The van der Waals surface area contributed by atoms with E-state index in [9.17, 15) is 4.79 Å². The molecular weight excluding hydrogens is 368 g/mol. The van der Waals surface area contributed by atoms with Gasteiger partial charge in [0.15, 0.2) is 0 Å². The number of hydrogen-bond donors (Lipinski definition) is 1. The van der Waals surface area contributed by atoms with Crippen molar-refractivity contribution in [3.05, 3.63) is 47.3 Å². The number of nitrogens with zero attached hydrogens (tertiary/aromatic N) is 3. The molecule has 0 unspecified atom stereocenters. The van der Waals surface area contributed by atoms with Crippen LogP contribution in [0.5, 0.6) is 5.75 Å². The van der Waals surface area contributed by atoms with Gasteiger partial charge in [-0.25, -0.2) is 9.97 Å². The maximum Gasteiger partial charge on any atom is 0.256 e. The summed E-state index contributed by atoms with van der Waals surface area (Å²) in [5, 5.41) is 3.13. The lowest BCUT2D eigenvalue weighted by Gasteiger charge is -2.45. The van der Waals surface area contributed by atoms with E-state index < -0.39 is 0 Å². The van der Waals surface area contributed by atoms with Crippen molar-refractivity contribution in [2.24, 2.45) is 0 Å². The van der Waals surface area contributed by atoms with Crippen LogP contribution in [0.25, 0.3) is 0 Å². The van der Waals surface area contributed by atoms with Crippen LogP contribution in [0.15, 0.2) is 30.6 Å². The Morgan fingerprint density at radius 1 is 1.24 bits per heavy atom. The SMILES string of the molecule is COc1cccc2c1C1(CCN(C(=O)c3cnc(NC(C)C)nc3)CC1)OCC2. The van der Waals surface area contributed by atoms with Crippen LogP contribution in [0, 0.1) is 0 Å². The topological polar surface area (TPSA) is 76.6 Å². The summed E-state index contributed by atoms with van der Waals surface area (Å²) < 4.78 is 12.0. The van der Waals surface area contributed by atoms with Crippen LogP contribution in [0.4, 0.5) is 5.95 Å².